The van der Waals surface area contributed by atoms with E-state index in [4.69, 9.17) is 0 Å². The summed E-state index contributed by atoms with van der Waals surface area (Å²) in [4.78, 5) is 24.6. The zero-order valence-electron chi connectivity index (χ0n) is 15.0. The van der Waals surface area contributed by atoms with Crippen LogP contribution in [0.5, 0.6) is 0 Å². The molecule has 8 heteroatoms. The van der Waals surface area contributed by atoms with Crippen LogP contribution in [0.25, 0.3) is 21.3 Å². The highest BCUT2D eigenvalue weighted by atomic mass is 79.9. The van der Waals surface area contributed by atoms with Crippen molar-refractivity contribution in [3.8, 4) is 11.1 Å². The van der Waals surface area contributed by atoms with Gasteiger partial charge in [0.25, 0.3) is 5.56 Å². The molecule has 0 amide bonds. The summed E-state index contributed by atoms with van der Waals surface area (Å²) in [5.41, 5.74) is 1.44. The van der Waals surface area contributed by atoms with E-state index in [0.717, 1.165) is 28.0 Å². The fourth-order valence-electron chi connectivity index (χ4n) is 3.06. The lowest BCUT2D eigenvalue weighted by Gasteiger charge is -2.18. The Bertz CT molecular complexity index is 1170. The molecule has 28 heavy (non-hydrogen) atoms. The molecule has 0 radical (unpaired) electrons. The van der Waals surface area contributed by atoms with Crippen LogP contribution in [-0.2, 0) is 13.1 Å². The molecule has 0 aliphatic rings. The van der Waals surface area contributed by atoms with Gasteiger partial charge in [-0.25, -0.2) is 9.37 Å². The topological polar surface area (TPSA) is 49.0 Å². The van der Waals surface area contributed by atoms with Crippen molar-refractivity contribution in [2.24, 2.45) is 0 Å². The van der Waals surface area contributed by atoms with Crippen LogP contribution in [0.2, 0.25) is 0 Å². The zero-order valence-corrected chi connectivity index (χ0v) is 18.3. The molecule has 0 spiro atoms. The lowest BCUT2D eigenvalue weighted by molar-refractivity contribution is 0.267. The summed E-state index contributed by atoms with van der Waals surface area (Å²) in [5, 5.41) is 2.47. The predicted octanol–water partition coefficient (Wildman–Crippen LogP) is 5.64. The molecule has 1 aromatic carbocycles. The van der Waals surface area contributed by atoms with Crippen molar-refractivity contribution >= 4 is 48.8 Å². The van der Waals surface area contributed by atoms with Gasteiger partial charge in [0, 0.05) is 22.4 Å². The summed E-state index contributed by atoms with van der Waals surface area (Å²) in [6.07, 6.45) is 0. The number of aromatic nitrogens is 2. The normalized spacial score (nSPS) is 11.6. The summed E-state index contributed by atoms with van der Waals surface area (Å²) >= 11 is 6.64. The average Bonchev–Trinajstić information content (AvgIpc) is 3.28. The number of thiophene rings is 2. The van der Waals surface area contributed by atoms with Crippen molar-refractivity contribution in [3.63, 3.8) is 0 Å². The predicted molar refractivity (Wildman–Crippen MR) is 117 cm³/mol. The first-order valence-corrected chi connectivity index (χ1v) is 11.3. The summed E-state index contributed by atoms with van der Waals surface area (Å²) in [6.45, 7) is 4.32. The Hall–Kier alpha value is -1.87. The molecule has 3 heterocycles. The van der Waals surface area contributed by atoms with Crippen LogP contribution in [0, 0.1) is 5.82 Å². The fraction of sp³-hybridized carbons (Fsp3) is 0.200. The number of hydrogen-bond acceptors (Lipinski definition) is 5. The molecule has 3 aromatic heterocycles. The van der Waals surface area contributed by atoms with E-state index in [0.29, 0.717) is 22.6 Å². The second-order valence-electron chi connectivity index (χ2n) is 6.36. The van der Waals surface area contributed by atoms with Crippen molar-refractivity contribution in [1.29, 1.82) is 0 Å². The van der Waals surface area contributed by atoms with Gasteiger partial charge in [0.1, 0.15) is 16.5 Å². The standard InChI is InChI=1S/C20H17BrFN3OS2/c1-2-25(9-14-7-8-16(21)28-14)10-17-23-19(26)18-15(11-27-20(18)24-17)12-3-5-13(22)6-4-12/h3-8,11H,2,9-10H2,1H3,(H,23,24,26). The SMILES string of the molecule is CCN(Cc1nc2scc(-c3ccc(F)cc3)c2c(=O)[nH]1)Cc1ccc(Br)s1. The minimum Gasteiger partial charge on any atom is -0.309 e. The Morgan fingerprint density at radius 3 is 2.64 bits per heavy atom. The Balaban J connectivity index is 1.62. The molecule has 144 valence electrons. The number of H-pyrrole nitrogens is 1. The Morgan fingerprint density at radius 1 is 1.18 bits per heavy atom. The monoisotopic (exact) mass is 477 g/mol. The van der Waals surface area contributed by atoms with E-state index in [1.54, 1.807) is 23.5 Å². The number of rotatable bonds is 6. The van der Waals surface area contributed by atoms with Crippen molar-refractivity contribution in [1.82, 2.24) is 14.9 Å². The molecule has 0 aliphatic heterocycles. The summed E-state index contributed by atoms with van der Waals surface area (Å²) in [7, 11) is 0. The average molecular weight is 478 g/mol. The third-order valence-electron chi connectivity index (χ3n) is 4.48. The van der Waals surface area contributed by atoms with Gasteiger partial charge >= 0.3 is 0 Å². The lowest BCUT2D eigenvalue weighted by Crippen LogP contribution is -2.24. The first kappa shape index (κ1) is 19.4. The van der Waals surface area contributed by atoms with Crippen molar-refractivity contribution in [2.75, 3.05) is 6.54 Å². The zero-order chi connectivity index (χ0) is 19.7. The van der Waals surface area contributed by atoms with E-state index < -0.39 is 0 Å². The van der Waals surface area contributed by atoms with E-state index in [1.807, 2.05) is 11.4 Å². The van der Waals surface area contributed by atoms with Crippen LogP contribution in [-0.4, -0.2) is 21.4 Å². The number of nitrogens with one attached hydrogen (secondary N) is 1. The minimum absolute atomic E-state index is 0.157. The molecule has 0 bridgehead atoms. The van der Waals surface area contributed by atoms with Crippen molar-refractivity contribution in [2.45, 2.75) is 20.0 Å². The molecular weight excluding hydrogens is 461 g/mol. The lowest BCUT2D eigenvalue weighted by atomic mass is 10.1. The van der Waals surface area contributed by atoms with Gasteiger partial charge in [-0.1, -0.05) is 19.1 Å². The number of nitrogens with zero attached hydrogens (tertiary/aromatic N) is 2. The highest BCUT2D eigenvalue weighted by Crippen LogP contribution is 2.31. The highest BCUT2D eigenvalue weighted by Gasteiger charge is 2.15. The van der Waals surface area contributed by atoms with Gasteiger partial charge in [0.05, 0.1) is 15.7 Å². The van der Waals surface area contributed by atoms with Crippen LogP contribution in [0.4, 0.5) is 4.39 Å². The van der Waals surface area contributed by atoms with Crippen LogP contribution < -0.4 is 5.56 Å². The van der Waals surface area contributed by atoms with Gasteiger partial charge < -0.3 is 4.98 Å². The Labute approximate surface area is 177 Å². The van der Waals surface area contributed by atoms with Gasteiger partial charge in [-0.05, 0) is 52.3 Å². The molecule has 0 saturated carbocycles. The third kappa shape index (κ3) is 4.10. The molecule has 0 fully saturated rings. The minimum atomic E-state index is -0.296. The number of benzene rings is 1. The molecule has 0 aliphatic carbocycles. The molecule has 4 aromatic rings. The highest BCUT2D eigenvalue weighted by molar-refractivity contribution is 9.11. The molecule has 0 atom stereocenters. The molecule has 4 rings (SSSR count). The van der Waals surface area contributed by atoms with Crippen LogP contribution in [0.3, 0.4) is 0 Å². The van der Waals surface area contributed by atoms with Crippen molar-refractivity contribution in [3.05, 3.63) is 72.4 Å². The second kappa shape index (κ2) is 8.24. The molecule has 4 nitrogen and oxygen atoms in total. The number of halogens is 2. The van der Waals surface area contributed by atoms with Gasteiger partial charge in [-0.3, -0.25) is 9.69 Å². The first-order valence-electron chi connectivity index (χ1n) is 8.76. The molecule has 0 unspecified atom stereocenters. The third-order valence-corrected chi connectivity index (χ3v) is 6.96. The molecule has 0 saturated heterocycles. The number of hydrogen-bond donors (Lipinski definition) is 1. The Kier molecular flexibility index (Phi) is 5.73. The number of fused-ring (bicyclic) bond motifs is 1. The van der Waals surface area contributed by atoms with Gasteiger partial charge in [-0.2, -0.15) is 0 Å². The van der Waals surface area contributed by atoms with E-state index in [-0.39, 0.29) is 11.4 Å². The summed E-state index contributed by atoms with van der Waals surface area (Å²) in [6, 6.07) is 10.3. The van der Waals surface area contributed by atoms with E-state index in [1.165, 1.54) is 28.3 Å². The maximum Gasteiger partial charge on any atom is 0.260 e. The van der Waals surface area contributed by atoms with E-state index in [9.17, 15) is 9.18 Å². The first-order chi connectivity index (χ1) is 13.5. The smallest absolute Gasteiger partial charge is 0.260 e. The fourth-order valence-corrected chi connectivity index (χ4v) is 5.55. The van der Waals surface area contributed by atoms with Crippen LogP contribution in [0.1, 0.15) is 17.6 Å². The number of aromatic amines is 1. The maximum absolute atomic E-state index is 13.2. The van der Waals surface area contributed by atoms with E-state index >= 15 is 0 Å². The van der Waals surface area contributed by atoms with Gasteiger partial charge in [-0.15, -0.1) is 22.7 Å². The van der Waals surface area contributed by atoms with Crippen LogP contribution in [0.15, 0.2) is 50.4 Å². The summed E-state index contributed by atoms with van der Waals surface area (Å²) < 4.78 is 14.3. The maximum atomic E-state index is 13.2. The molecule has 1 N–H and O–H groups in total. The second-order valence-corrected chi connectivity index (χ2v) is 9.76. The van der Waals surface area contributed by atoms with Gasteiger partial charge in [0.2, 0.25) is 0 Å². The molecular formula is C20H17BrFN3OS2. The van der Waals surface area contributed by atoms with Crippen molar-refractivity contribution < 1.29 is 4.39 Å². The Morgan fingerprint density at radius 2 is 1.96 bits per heavy atom. The quantitative estimate of drug-likeness (QED) is 0.391. The van der Waals surface area contributed by atoms with E-state index in [2.05, 4.69) is 43.8 Å². The summed E-state index contributed by atoms with van der Waals surface area (Å²) in [5.74, 6) is 0.359. The largest absolute Gasteiger partial charge is 0.309 e. The van der Waals surface area contributed by atoms with Gasteiger partial charge in [0.15, 0.2) is 0 Å². The van der Waals surface area contributed by atoms with Crippen LogP contribution >= 0.6 is 38.6 Å².